The number of nitrogens with zero attached hydrogens (tertiary/aromatic N) is 2. The molecule has 0 aliphatic rings. The smallest absolute Gasteiger partial charge is 0.0916 e. The molecule has 3 heteroatoms. The lowest BCUT2D eigenvalue weighted by Gasteiger charge is -2.05. The van der Waals surface area contributed by atoms with Gasteiger partial charge in [-0.15, -0.1) is 0 Å². The molecule has 0 unspecified atom stereocenters. The van der Waals surface area contributed by atoms with Crippen molar-refractivity contribution in [3.8, 4) is 0 Å². The van der Waals surface area contributed by atoms with E-state index >= 15 is 0 Å². The molecular formula is C16H19N3. The van der Waals surface area contributed by atoms with Crippen LogP contribution >= 0.6 is 0 Å². The van der Waals surface area contributed by atoms with Crippen LogP contribution in [0.3, 0.4) is 0 Å². The second-order valence-electron chi connectivity index (χ2n) is 4.97. The summed E-state index contributed by atoms with van der Waals surface area (Å²) in [7, 11) is 0. The van der Waals surface area contributed by atoms with Gasteiger partial charge in [-0.25, -0.2) is 0 Å². The molecule has 0 fully saturated rings. The van der Waals surface area contributed by atoms with E-state index in [2.05, 4.69) is 30.1 Å². The van der Waals surface area contributed by atoms with Crippen LogP contribution in [0.2, 0.25) is 0 Å². The summed E-state index contributed by atoms with van der Waals surface area (Å²) < 4.78 is 0. The van der Waals surface area contributed by atoms with Crippen molar-refractivity contribution in [1.82, 2.24) is 0 Å². The highest BCUT2D eigenvalue weighted by Gasteiger charge is 2.03. The predicted octanol–water partition coefficient (Wildman–Crippen LogP) is 4.92. The highest BCUT2D eigenvalue weighted by Crippen LogP contribution is 2.28. The van der Waals surface area contributed by atoms with Gasteiger partial charge in [-0.05, 0) is 74.2 Å². The summed E-state index contributed by atoms with van der Waals surface area (Å²) in [5.41, 5.74) is 12.9. The number of hydrogen-bond donors (Lipinski definition) is 1. The highest BCUT2D eigenvalue weighted by molar-refractivity contribution is 5.59. The van der Waals surface area contributed by atoms with Crippen molar-refractivity contribution in [2.24, 2.45) is 10.2 Å². The second kappa shape index (κ2) is 5.22. The fourth-order valence-electron chi connectivity index (χ4n) is 2.04. The molecule has 2 aromatic carbocycles. The number of hydrogen-bond acceptors (Lipinski definition) is 3. The summed E-state index contributed by atoms with van der Waals surface area (Å²) in [6.07, 6.45) is 0. The van der Waals surface area contributed by atoms with E-state index in [9.17, 15) is 0 Å². The molecule has 2 N–H and O–H groups in total. The van der Waals surface area contributed by atoms with Crippen LogP contribution in [0.15, 0.2) is 40.6 Å². The Morgan fingerprint density at radius 3 is 1.95 bits per heavy atom. The Balaban J connectivity index is 2.35. The first kappa shape index (κ1) is 13.3. The summed E-state index contributed by atoms with van der Waals surface area (Å²) >= 11 is 0. The van der Waals surface area contributed by atoms with E-state index in [1.54, 1.807) is 0 Å². The number of nitrogens with two attached hydrogens (primary N) is 1. The molecule has 3 nitrogen and oxygen atoms in total. The maximum absolute atomic E-state index is 5.80. The van der Waals surface area contributed by atoms with Crippen molar-refractivity contribution in [3.63, 3.8) is 0 Å². The van der Waals surface area contributed by atoms with Gasteiger partial charge >= 0.3 is 0 Å². The van der Waals surface area contributed by atoms with Crippen LogP contribution in [0.5, 0.6) is 0 Å². The first-order chi connectivity index (χ1) is 8.97. The van der Waals surface area contributed by atoms with E-state index in [1.807, 2.05) is 38.1 Å². The van der Waals surface area contributed by atoms with Gasteiger partial charge in [0.05, 0.1) is 11.4 Å². The monoisotopic (exact) mass is 253 g/mol. The molecule has 0 bridgehead atoms. The molecule has 0 amide bonds. The molecule has 0 aliphatic heterocycles. The fourth-order valence-corrected chi connectivity index (χ4v) is 2.04. The van der Waals surface area contributed by atoms with Gasteiger partial charge in [-0.3, -0.25) is 0 Å². The molecule has 2 aromatic rings. The normalized spacial score (nSPS) is 11.2. The van der Waals surface area contributed by atoms with E-state index in [4.69, 9.17) is 5.73 Å². The lowest BCUT2D eigenvalue weighted by molar-refractivity contribution is 1.18. The SMILES string of the molecule is Cc1ccc(N=Nc2c(C)cc(N)cc2C)cc1C. The molecule has 2 rings (SSSR count). The molecule has 0 aromatic heterocycles. The Morgan fingerprint density at radius 1 is 0.737 bits per heavy atom. The van der Waals surface area contributed by atoms with Crippen LogP contribution < -0.4 is 5.73 Å². The van der Waals surface area contributed by atoms with Crippen LogP contribution in [0, 0.1) is 27.7 Å². The fraction of sp³-hybridized carbons (Fsp3) is 0.250. The number of anilines is 1. The molecule has 19 heavy (non-hydrogen) atoms. The summed E-state index contributed by atoms with van der Waals surface area (Å²) in [6, 6.07) is 9.92. The summed E-state index contributed by atoms with van der Waals surface area (Å²) in [5.74, 6) is 0. The number of aryl methyl sites for hydroxylation is 4. The minimum atomic E-state index is 0.764. The molecule has 98 valence electrons. The van der Waals surface area contributed by atoms with Gasteiger partial charge < -0.3 is 5.73 Å². The number of nitrogen functional groups attached to an aromatic ring is 1. The second-order valence-corrected chi connectivity index (χ2v) is 4.97. The van der Waals surface area contributed by atoms with Crippen molar-refractivity contribution >= 4 is 17.1 Å². The molecule has 0 radical (unpaired) electrons. The van der Waals surface area contributed by atoms with E-state index in [0.717, 1.165) is 28.2 Å². The standard InChI is InChI=1S/C16H19N3/c1-10-5-6-15(9-11(10)2)18-19-16-12(3)7-14(17)8-13(16)4/h5-9H,17H2,1-4H3. The first-order valence-corrected chi connectivity index (χ1v) is 6.33. The third kappa shape index (κ3) is 2.99. The van der Waals surface area contributed by atoms with E-state index < -0.39 is 0 Å². The summed E-state index contributed by atoms with van der Waals surface area (Å²) in [6.45, 7) is 8.16. The van der Waals surface area contributed by atoms with Gasteiger partial charge in [-0.1, -0.05) is 6.07 Å². The van der Waals surface area contributed by atoms with Gasteiger partial charge in [-0.2, -0.15) is 10.2 Å². The van der Waals surface area contributed by atoms with E-state index in [0.29, 0.717) is 0 Å². The summed E-state index contributed by atoms with van der Waals surface area (Å²) in [5, 5.41) is 8.67. The lowest BCUT2D eigenvalue weighted by atomic mass is 10.1. The van der Waals surface area contributed by atoms with Crippen molar-refractivity contribution in [2.75, 3.05) is 5.73 Å². The van der Waals surface area contributed by atoms with Crippen molar-refractivity contribution in [1.29, 1.82) is 0 Å². The summed E-state index contributed by atoms with van der Waals surface area (Å²) in [4.78, 5) is 0. The molecule has 0 heterocycles. The largest absolute Gasteiger partial charge is 0.399 e. The van der Waals surface area contributed by atoms with E-state index in [1.165, 1.54) is 11.1 Å². The number of benzene rings is 2. The Morgan fingerprint density at radius 2 is 1.37 bits per heavy atom. The number of azo groups is 1. The van der Waals surface area contributed by atoms with Crippen LogP contribution in [-0.4, -0.2) is 0 Å². The van der Waals surface area contributed by atoms with Crippen molar-refractivity contribution in [2.45, 2.75) is 27.7 Å². The van der Waals surface area contributed by atoms with Gasteiger partial charge in [0.2, 0.25) is 0 Å². The van der Waals surface area contributed by atoms with Gasteiger partial charge in [0.1, 0.15) is 0 Å². The van der Waals surface area contributed by atoms with Gasteiger partial charge in [0.15, 0.2) is 0 Å². The highest BCUT2D eigenvalue weighted by atomic mass is 15.1. The Labute approximate surface area is 114 Å². The third-order valence-electron chi connectivity index (χ3n) is 3.27. The van der Waals surface area contributed by atoms with Crippen LogP contribution in [0.1, 0.15) is 22.3 Å². The Kier molecular flexibility index (Phi) is 3.65. The zero-order valence-electron chi connectivity index (χ0n) is 11.9. The lowest BCUT2D eigenvalue weighted by Crippen LogP contribution is -1.88. The predicted molar refractivity (Wildman–Crippen MR) is 80.4 cm³/mol. The average Bonchev–Trinajstić information content (AvgIpc) is 2.32. The molecule has 0 atom stereocenters. The molecular weight excluding hydrogens is 234 g/mol. The minimum absolute atomic E-state index is 0.764. The average molecular weight is 253 g/mol. The first-order valence-electron chi connectivity index (χ1n) is 6.33. The van der Waals surface area contributed by atoms with Crippen molar-refractivity contribution in [3.05, 3.63) is 52.6 Å². The van der Waals surface area contributed by atoms with Gasteiger partial charge in [0, 0.05) is 5.69 Å². The van der Waals surface area contributed by atoms with Crippen LogP contribution in [0.4, 0.5) is 17.1 Å². The number of rotatable bonds is 2. The Hall–Kier alpha value is -2.16. The van der Waals surface area contributed by atoms with E-state index in [-0.39, 0.29) is 0 Å². The zero-order chi connectivity index (χ0) is 14.0. The minimum Gasteiger partial charge on any atom is -0.399 e. The van der Waals surface area contributed by atoms with Crippen LogP contribution in [-0.2, 0) is 0 Å². The Bertz CT molecular complexity index is 619. The third-order valence-corrected chi connectivity index (χ3v) is 3.27. The molecule has 0 saturated carbocycles. The van der Waals surface area contributed by atoms with Crippen LogP contribution in [0.25, 0.3) is 0 Å². The van der Waals surface area contributed by atoms with Gasteiger partial charge in [0.25, 0.3) is 0 Å². The maximum Gasteiger partial charge on any atom is 0.0916 e. The molecule has 0 aliphatic carbocycles. The maximum atomic E-state index is 5.80. The molecule has 0 saturated heterocycles. The zero-order valence-corrected chi connectivity index (χ0v) is 11.9. The quantitative estimate of drug-likeness (QED) is 0.599. The molecule has 0 spiro atoms. The topological polar surface area (TPSA) is 50.7 Å². The van der Waals surface area contributed by atoms with Crippen molar-refractivity contribution < 1.29 is 0 Å².